The summed E-state index contributed by atoms with van der Waals surface area (Å²) in [6, 6.07) is 14.7. The molecule has 1 unspecified atom stereocenters. The molecule has 0 saturated carbocycles. The Bertz CT molecular complexity index is 1090. The van der Waals surface area contributed by atoms with E-state index in [-0.39, 0.29) is 16.9 Å². The molecule has 0 radical (unpaired) electrons. The molecular formula is C25H27ClN2OS2. The zero-order chi connectivity index (χ0) is 22.6. The van der Waals surface area contributed by atoms with Crippen molar-refractivity contribution in [1.82, 2.24) is 4.90 Å². The largest absolute Gasteiger partial charge is 0.369 e. The minimum absolute atomic E-state index is 0.00562. The molecule has 0 aromatic heterocycles. The van der Waals surface area contributed by atoms with E-state index in [1.165, 1.54) is 28.6 Å². The van der Waals surface area contributed by atoms with Crippen LogP contribution in [-0.4, -0.2) is 34.3 Å². The normalized spacial score (nSPS) is 24.1. The maximum atomic E-state index is 12.7. The first kappa shape index (κ1) is 22.4. The van der Waals surface area contributed by atoms with Crippen LogP contribution in [0, 0.1) is 0 Å². The monoisotopic (exact) mass is 470 g/mol. The van der Waals surface area contributed by atoms with E-state index in [0.29, 0.717) is 15.8 Å². The quantitative estimate of drug-likeness (QED) is 0.378. The Morgan fingerprint density at radius 1 is 1.16 bits per heavy atom. The molecule has 2 heterocycles. The summed E-state index contributed by atoms with van der Waals surface area (Å²) < 4.78 is 0.629. The summed E-state index contributed by atoms with van der Waals surface area (Å²) in [6.07, 6.45) is 2.93. The number of carbonyl (C=O) groups excluding carboxylic acids is 1. The number of thiocarbonyl (C=S) groups is 1. The van der Waals surface area contributed by atoms with Crippen LogP contribution in [0.3, 0.4) is 0 Å². The maximum absolute atomic E-state index is 12.7. The van der Waals surface area contributed by atoms with E-state index < -0.39 is 0 Å². The number of halogens is 1. The third kappa shape index (κ3) is 3.81. The highest BCUT2D eigenvalue weighted by Gasteiger charge is 2.44. The van der Waals surface area contributed by atoms with Crippen molar-refractivity contribution < 1.29 is 4.79 Å². The fourth-order valence-corrected chi connectivity index (χ4v) is 6.29. The Morgan fingerprint density at radius 3 is 2.45 bits per heavy atom. The van der Waals surface area contributed by atoms with Crippen molar-refractivity contribution >= 4 is 57.6 Å². The fourth-order valence-electron chi connectivity index (χ4n) is 4.78. The molecule has 1 fully saturated rings. The van der Waals surface area contributed by atoms with Crippen molar-refractivity contribution in [3.05, 3.63) is 69.1 Å². The van der Waals surface area contributed by atoms with Crippen LogP contribution in [0.2, 0.25) is 5.02 Å². The molecular weight excluding hydrogens is 444 g/mol. The van der Waals surface area contributed by atoms with Crippen LogP contribution in [0.1, 0.15) is 50.8 Å². The molecule has 0 bridgehead atoms. The van der Waals surface area contributed by atoms with Gasteiger partial charge in [-0.05, 0) is 74.2 Å². The molecule has 0 aliphatic carbocycles. The summed E-state index contributed by atoms with van der Waals surface area (Å²) in [7, 11) is 2.16. The second kappa shape index (κ2) is 7.95. The van der Waals surface area contributed by atoms with Crippen molar-refractivity contribution in [1.29, 1.82) is 0 Å². The Kier molecular flexibility index (Phi) is 5.74. The van der Waals surface area contributed by atoms with Gasteiger partial charge in [0.15, 0.2) is 0 Å². The van der Waals surface area contributed by atoms with Gasteiger partial charge in [-0.2, -0.15) is 0 Å². The summed E-state index contributed by atoms with van der Waals surface area (Å²) in [5, 5.41) is 0.742. The van der Waals surface area contributed by atoms with Crippen LogP contribution in [0.4, 0.5) is 5.69 Å². The Morgan fingerprint density at radius 2 is 1.84 bits per heavy atom. The van der Waals surface area contributed by atoms with E-state index >= 15 is 0 Å². The third-order valence-electron chi connectivity index (χ3n) is 6.64. The van der Waals surface area contributed by atoms with Gasteiger partial charge in [0.1, 0.15) is 4.32 Å². The minimum Gasteiger partial charge on any atom is -0.369 e. The lowest BCUT2D eigenvalue weighted by atomic mass is 9.65. The number of hydrogen-bond donors (Lipinski definition) is 0. The molecule has 2 aromatic carbocycles. The molecule has 162 valence electrons. The van der Waals surface area contributed by atoms with Gasteiger partial charge in [0, 0.05) is 35.3 Å². The number of hydrogen-bond acceptors (Lipinski definition) is 4. The summed E-state index contributed by atoms with van der Waals surface area (Å²) in [4.78, 5) is 17.4. The van der Waals surface area contributed by atoms with Crippen LogP contribution in [0.15, 0.2) is 47.4 Å². The summed E-state index contributed by atoms with van der Waals surface area (Å²) in [5.41, 5.74) is 4.55. The van der Waals surface area contributed by atoms with Gasteiger partial charge in [-0.15, -0.1) is 0 Å². The van der Waals surface area contributed by atoms with E-state index in [2.05, 4.69) is 63.1 Å². The van der Waals surface area contributed by atoms with Gasteiger partial charge in [-0.1, -0.05) is 60.7 Å². The summed E-state index contributed by atoms with van der Waals surface area (Å²) in [5.74, 6) is -0.00562. The van der Waals surface area contributed by atoms with E-state index in [9.17, 15) is 4.79 Å². The molecule has 3 nitrogen and oxygen atoms in total. The first-order chi connectivity index (χ1) is 14.6. The Labute approximate surface area is 199 Å². The van der Waals surface area contributed by atoms with Crippen molar-refractivity contribution in [3.63, 3.8) is 0 Å². The number of rotatable bonds is 3. The van der Waals surface area contributed by atoms with Gasteiger partial charge in [0.05, 0.1) is 4.91 Å². The summed E-state index contributed by atoms with van der Waals surface area (Å²) in [6.45, 7) is 9.43. The van der Waals surface area contributed by atoms with Gasteiger partial charge in [-0.3, -0.25) is 9.69 Å². The van der Waals surface area contributed by atoms with Crippen molar-refractivity contribution in [2.24, 2.45) is 0 Å². The fraction of sp³-hybridized carbons (Fsp3) is 0.360. The average molecular weight is 471 g/mol. The maximum Gasteiger partial charge on any atom is 0.266 e. The number of thioether (sulfide) groups is 1. The number of likely N-dealkylation sites (N-methyl/N-ethyl adjacent to an activating group) is 1. The zero-order valence-electron chi connectivity index (χ0n) is 18.5. The van der Waals surface area contributed by atoms with E-state index in [1.54, 1.807) is 4.90 Å². The smallest absolute Gasteiger partial charge is 0.266 e. The van der Waals surface area contributed by atoms with Crippen molar-refractivity contribution in [2.75, 3.05) is 18.5 Å². The van der Waals surface area contributed by atoms with Crippen molar-refractivity contribution in [2.45, 2.75) is 45.1 Å². The molecule has 6 heteroatoms. The Balaban J connectivity index is 1.84. The topological polar surface area (TPSA) is 23.6 Å². The van der Waals surface area contributed by atoms with Gasteiger partial charge in [-0.25, -0.2) is 0 Å². The molecule has 1 saturated heterocycles. The van der Waals surface area contributed by atoms with Crippen LogP contribution in [-0.2, 0) is 10.2 Å². The number of carbonyl (C=O) groups is 1. The predicted octanol–water partition coefficient (Wildman–Crippen LogP) is 6.49. The first-order valence-corrected chi connectivity index (χ1v) is 12.1. The molecule has 0 N–H and O–H groups in total. The minimum atomic E-state index is -0.179. The third-order valence-corrected chi connectivity index (χ3v) is 8.27. The zero-order valence-corrected chi connectivity index (χ0v) is 20.9. The lowest BCUT2D eigenvalue weighted by Crippen LogP contribution is -2.51. The SMILES string of the molecule is CCN1C(=O)C(=Cc2ccc3c(c2)C(C)(c2ccc(Cl)cc2)CC(C)(C)N3C)SC1=S. The standard InChI is InChI=1S/C25H27ClN2OS2/c1-6-28-22(29)21(31-23(28)30)14-16-7-12-20-19(13-16)25(4,15-24(2,3)27(20)5)17-8-10-18(26)11-9-17/h7-14H,6,15H2,1-5H3. The van der Waals surface area contributed by atoms with Gasteiger partial charge in [0.2, 0.25) is 0 Å². The number of fused-ring (bicyclic) bond motifs is 1. The van der Waals surface area contributed by atoms with Crippen molar-refractivity contribution in [3.8, 4) is 0 Å². The lowest BCUT2D eigenvalue weighted by molar-refractivity contribution is -0.121. The van der Waals surface area contributed by atoms with Gasteiger partial charge < -0.3 is 4.90 Å². The number of benzene rings is 2. The molecule has 2 aliphatic heterocycles. The molecule has 31 heavy (non-hydrogen) atoms. The molecule has 4 rings (SSSR count). The predicted molar refractivity (Wildman–Crippen MR) is 137 cm³/mol. The number of nitrogens with zero attached hydrogens (tertiary/aromatic N) is 2. The molecule has 1 atom stereocenters. The van der Waals surface area contributed by atoms with E-state index in [1.807, 2.05) is 25.1 Å². The number of amides is 1. The summed E-state index contributed by atoms with van der Waals surface area (Å²) >= 11 is 12.9. The average Bonchev–Trinajstić information content (AvgIpc) is 2.99. The highest BCUT2D eigenvalue weighted by atomic mass is 35.5. The van der Waals surface area contributed by atoms with Crippen LogP contribution >= 0.6 is 35.6 Å². The molecule has 2 aromatic rings. The highest BCUT2D eigenvalue weighted by Crippen LogP contribution is 2.50. The molecule has 0 spiro atoms. The highest BCUT2D eigenvalue weighted by molar-refractivity contribution is 8.26. The van der Waals surface area contributed by atoms with Crippen LogP contribution < -0.4 is 4.90 Å². The van der Waals surface area contributed by atoms with E-state index in [0.717, 1.165) is 17.0 Å². The first-order valence-electron chi connectivity index (χ1n) is 10.5. The molecule has 1 amide bonds. The lowest BCUT2D eigenvalue weighted by Gasteiger charge is -2.51. The molecule has 2 aliphatic rings. The van der Waals surface area contributed by atoms with Gasteiger partial charge in [0.25, 0.3) is 5.91 Å². The Hall–Kier alpha value is -1.82. The second-order valence-electron chi connectivity index (χ2n) is 9.09. The number of anilines is 1. The van der Waals surface area contributed by atoms with Gasteiger partial charge >= 0.3 is 0 Å². The van der Waals surface area contributed by atoms with E-state index in [4.69, 9.17) is 23.8 Å². The van der Waals surface area contributed by atoms with Crippen LogP contribution in [0.5, 0.6) is 0 Å². The van der Waals surface area contributed by atoms with Crippen LogP contribution in [0.25, 0.3) is 6.08 Å². The second-order valence-corrected chi connectivity index (χ2v) is 11.2.